The van der Waals surface area contributed by atoms with Crippen molar-refractivity contribution >= 4 is 46.2 Å². The third-order valence-corrected chi connectivity index (χ3v) is 6.63. The van der Waals surface area contributed by atoms with Gasteiger partial charge in [0.2, 0.25) is 5.91 Å². The average Bonchev–Trinajstić information content (AvgIpc) is 2.94. The summed E-state index contributed by atoms with van der Waals surface area (Å²) in [5.74, 6) is -0.431. The SMILES string of the molecule is Cc1ccc2nc(CNC(=O)C3(S(C)(=O)=O)CCNCC3)cn2c1.Cl.Cl. The van der Waals surface area contributed by atoms with E-state index < -0.39 is 20.5 Å². The molecule has 1 fully saturated rings. The zero-order chi connectivity index (χ0) is 17.4. The molecule has 10 heteroatoms. The van der Waals surface area contributed by atoms with Crippen LogP contribution in [0.3, 0.4) is 0 Å². The predicted molar refractivity (Wildman–Crippen MR) is 106 cm³/mol. The molecule has 7 nitrogen and oxygen atoms in total. The molecule has 1 aliphatic rings. The second kappa shape index (κ2) is 8.56. The Bertz CT molecular complexity index is 877. The number of pyridine rings is 1. The van der Waals surface area contributed by atoms with Crippen molar-refractivity contribution in [1.82, 2.24) is 20.0 Å². The van der Waals surface area contributed by atoms with Gasteiger partial charge in [-0.1, -0.05) is 6.07 Å². The predicted octanol–water partition coefficient (Wildman–Crippen LogP) is 1.27. The highest BCUT2D eigenvalue weighted by molar-refractivity contribution is 7.92. The summed E-state index contributed by atoms with van der Waals surface area (Å²) < 4.78 is 25.0. The van der Waals surface area contributed by atoms with Gasteiger partial charge in [0.05, 0.1) is 12.2 Å². The number of halogens is 2. The Labute approximate surface area is 165 Å². The number of imidazole rings is 1. The third-order valence-electron chi connectivity index (χ3n) is 4.61. The number of piperidine rings is 1. The van der Waals surface area contributed by atoms with Gasteiger partial charge in [0, 0.05) is 18.6 Å². The Morgan fingerprint density at radius 2 is 1.92 bits per heavy atom. The van der Waals surface area contributed by atoms with E-state index in [0.717, 1.165) is 17.5 Å². The fourth-order valence-corrected chi connectivity index (χ4v) is 4.52. The van der Waals surface area contributed by atoms with E-state index in [1.54, 1.807) is 0 Å². The van der Waals surface area contributed by atoms with Gasteiger partial charge in [0.25, 0.3) is 0 Å². The van der Waals surface area contributed by atoms with E-state index in [2.05, 4.69) is 15.6 Å². The molecular weight excluding hydrogens is 399 g/mol. The second-order valence-electron chi connectivity index (χ2n) is 6.40. The van der Waals surface area contributed by atoms with E-state index in [-0.39, 0.29) is 31.4 Å². The Kier molecular flexibility index (Phi) is 7.47. The minimum Gasteiger partial charge on any atom is -0.349 e. The molecule has 0 aromatic carbocycles. The van der Waals surface area contributed by atoms with Crippen molar-refractivity contribution in [3.63, 3.8) is 0 Å². The van der Waals surface area contributed by atoms with Gasteiger partial charge < -0.3 is 15.0 Å². The van der Waals surface area contributed by atoms with Crippen LogP contribution in [0.2, 0.25) is 0 Å². The van der Waals surface area contributed by atoms with E-state index in [0.29, 0.717) is 31.6 Å². The van der Waals surface area contributed by atoms with E-state index in [1.165, 1.54) is 0 Å². The third kappa shape index (κ3) is 4.31. The summed E-state index contributed by atoms with van der Waals surface area (Å²) in [6.45, 7) is 3.25. The first-order valence-corrected chi connectivity index (χ1v) is 9.84. The molecule has 0 unspecified atom stereocenters. The van der Waals surface area contributed by atoms with Crippen LogP contribution in [-0.4, -0.2) is 47.8 Å². The molecule has 0 aliphatic carbocycles. The number of nitrogens with one attached hydrogen (secondary N) is 2. The van der Waals surface area contributed by atoms with E-state index in [4.69, 9.17) is 0 Å². The highest BCUT2D eigenvalue weighted by Gasteiger charge is 2.48. The first kappa shape index (κ1) is 22.7. The Morgan fingerprint density at radius 1 is 1.27 bits per heavy atom. The number of fused-ring (bicyclic) bond motifs is 1. The van der Waals surface area contributed by atoms with Crippen molar-refractivity contribution in [2.45, 2.75) is 31.1 Å². The van der Waals surface area contributed by atoms with Crippen LogP contribution in [-0.2, 0) is 21.2 Å². The van der Waals surface area contributed by atoms with Crippen LogP contribution in [0.25, 0.3) is 5.65 Å². The van der Waals surface area contributed by atoms with Gasteiger partial charge in [-0.2, -0.15) is 0 Å². The Morgan fingerprint density at radius 3 is 2.54 bits per heavy atom. The number of carbonyl (C=O) groups excluding carboxylic acids is 1. The van der Waals surface area contributed by atoms with E-state index in [9.17, 15) is 13.2 Å². The summed E-state index contributed by atoms with van der Waals surface area (Å²) in [7, 11) is -3.50. The van der Waals surface area contributed by atoms with Gasteiger partial charge in [-0.15, -0.1) is 24.8 Å². The summed E-state index contributed by atoms with van der Waals surface area (Å²) in [4.78, 5) is 17.1. The first-order chi connectivity index (χ1) is 11.3. The van der Waals surface area contributed by atoms with Crippen molar-refractivity contribution in [3.8, 4) is 0 Å². The number of nitrogens with zero attached hydrogens (tertiary/aromatic N) is 2. The van der Waals surface area contributed by atoms with E-state index >= 15 is 0 Å². The maximum Gasteiger partial charge on any atom is 0.241 e. The van der Waals surface area contributed by atoms with Gasteiger partial charge >= 0.3 is 0 Å². The molecule has 1 amide bonds. The zero-order valence-corrected chi connectivity index (χ0v) is 17.1. The molecule has 2 aromatic heterocycles. The lowest BCUT2D eigenvalue weighted by atomic mass is 9.96. The molecule has 1 aliphatic heterocycles. The van der Waals surface area contributed by atoms with Crippen LogP contribution >= 0.6 is 24.8 Å². The van der Waals surface area contributed by atoms with Gasteiger partial charge in [-0.25, -0.2) is 13.4 Å². The molecule has 0 bridgehead atoms. The molecule has 0 radical (unpaired) electrons. The largest absolute Gasteiger partial charge is 0.349 e. The lowest BCUT2D eigenvalue weighted by Crippen LogP contribution is -2.57. The fourth-order valence-electron chi connectivity index (χ4n) is 3.17. The summed E-state index contributed by atoms with van der Waals surface area (Å²) >= 11 is 0. The molecule has 26 heavy (non-hydrogen) atoms. The summed E-state index contributed by atoms with van der Waals surface area (Å²) in [6.07, 6.45) is 5.53. The Balaban J connectivity index is 0.00000169. The highest BCUT2D eigenvalue weighted by atomic mass is 35.5. The first-order valence-electron chi connectivity index (χ1n) is 7.95. The highest BCUT2D eigenvalue weighted by Crippen LogP contribution is 2.28. The number of sulfone groups is 1. The van der Waals surface area contributed by atoms with E-state index in [1.807, 2.05) is 35.9 Å². The number of hydrogen-bond donors (Lipinski definition) is 2. The topological polar surface area (TPSA) is 92.6 Å². The summed E-state index contributed by atoms with van der Waals surface area (Å²) in [5.41, 5.74) is 2.61. The van der Waals surface area contributed by atoms with Crippen molar-refractivity contribution in [3.05, 3.63) is 35.8 Å². The van der Waals surface area contributed by atoms with Crippen molar-refractivity contribution in [1.29, 1.82) is 0 Å². The average molecular weight is 423 g/mol. The van der Waals surface area contributed by atoms with Crippen LogP contribution < -0.4 is 10.6 Å². The molecule has 2 aromatic rings. The lowest BCUT2D eigenvalue weighted by molar-refractivity contribution is -0.124. The van der Waals surface area contributed by atoms with Crippen LogP contribution in [0.1, 0.15) is 24.1 Å². The monoisotopic (exact) mass is 422 g/mol. The van der Waals surface area contributed by atoms with Crippen molar-refractivity contribution in [2.75, 3.05) is 19.3 Å². The number of amides is 1. The molecule has 3 rings (SSSR count). The van der Waals surface area contributed by atoms with Crippen LogP contribution in [0.4, 0.5) is 0 Å². The minimum absolute atomic E-state index is 0. The van der Waals surface area contributed by atoms with Crippen LogP contribution in [0, 0.1) is 6.92 Å². The number of rotatable bonds is 4. The molecular formula is C16H24Cl2N4O3S. The Hall–Kier alpha value is -1.35. The summed E-state index contributed by atoms with van der Waals surface area (Å²) in [5, 5.41) is 5.87. The van der Waals surface area contributed by atoms with Crippen LogP contribution in [0.5, 0.6) is 0 Å². The molecule has 0 spiro atoms. The number of carbonyl (C=O) groups is 1. The maximum absolute atomic E-state index is 12.7. The molecule has 2 N–H and O–H groups in total. The molecule has 1 saturated heterocycles. The number of hydrogen-bond acceptors (Lipinski definition) is 5. The standard InChI is InChI=1S/C16H22N4O3S.2ClH/c1-12-3-4-14-19-13(11-20(14)10-12)9-18-15(21)16(24(2,22)23)5-7-17-8-6-16;;/h3-4,10-11,17H,5-9H2,1-2H3,(H,18,21);2*1H. The molecule has 0 atom stereocenters. The van der Waals surface area contributed by atoms with Crippen molar-refractivity contribution in [2.24, 2.45) is 0 Å². The quantitative estimate of drug-likeness (QED) is 0.773. The maximum atomic E-state index is 12.7. The van der Waals surface area contributed by atoms with Crippen molar-refractivity contribution < 1.29 is 13.2 Å². The second-order valence-corrected chi connectivity index (χ2v) is 8.73. The van der Waals surface area contributed by atoms with Gasteiger partial charge in [-0.05, 0) is 44.5 Å². The zero-order valence-electron chi connectivity index (χ0n) is 14.7. The van der Waals surface area contributed by atoms with Gasteiger partial charge in [0.15, 0.2) is 14.6 Å². The lowest BCUT2D eigenvalue weighted by Gasteiger charge is -2.34. The van der Waals surface area contributed by atoms with Crippen LogP contribution in [0.15, 0.2) is 24.5 Å². The normalized spacial score (nSPS) is 16.4. The number of aromatic nitrogens is 2. The molecule has 3 heterocycles. The molecule has 146 valence electrons. The minimum atomic E-state index is -3.50. The molecule has 0 saturated carbocycles. The van der Waals surface area contributed by atoms with Gasteiger partial charge in [0.1, 0.15) is 5.65 Å². The number of aryl methyl sites for hydroxylation is 1. The fraction of sp³-hybridized carbons (Fsp3) is 0.500. The smallest absolute Gasteiger partial charge is 0.241 e. The summed E-state index contributed by atoms with van der Waals surface area (Å²) in [6, 6.07) is 3.88. The van der Waals surface area contributed by atoms with Gasteiger partial charge in [-0.3, -0.25) is 4.79 Å².